The van der Waals surface area contributed by atoms with E-state index in [4.69, 9.17) is 9.26 Å². The molecule has 7 heteroatoms. The van der Waals surface area contributed by atoms with E-state index >= 15 is 0 Å². The van der Waals surface area contributed by atoms with Crippen LogP contribution in [-0.2, 0) is 11.8 Å². The summed E-state index contributed by atoms with van der Waals surface area (Å²) in [5.74, 6) is 1.51. The third kappa shape index (κ3) is 6.27. The number of rotatable bonds is 10. The lowest BCUT2D eigenvalue weighted by atomic mass is 9.96. The summed E-state index contributed by atoms with van der Waals surface area (Å²) in [6.07, 6.45) is 7.63. The van der Waals surface area contributed by atoms with Gasteiger partial charge in [0, 0.05) is 42.0 Å². The van der Waals surface area contributed by atoms with Gasteiger partial charge in [-0.1, -0.05) is 44.5 Å². The third-order valence-electron chi connectivity index (χ3n) is 4.63. The lowest BCUT2D eigenvalue weighted by Crippen LogP contribution is -2.13. The summed E-state index contributed by atoms with van der Waals surface area (Å²) in [6, 6.07) is 8.69. The van der Waals surface area contributed by atoms with Crippen LogP contribution in [0.4, 0.5) is 5.69 Å². The van der Waals surface area contributed by atoms with Crippen LogP contribution in [0.5, 0.6) is 6.01 Å². The Morgan fingerprint density at radius 1 is 1.03 bits per heavy atom. The molecule has 0 bridgehead atoms. The molecular formula is C23H31N5O2. The standard InChI is InChI=1S/C23H31N5O2/c1-5-29-22-25-15-18(16-26-22)17-10-9-11-19(14-17)24-13-8-6-7-12-20-27-21(28-30-20)23(2,3)4/h9-11,14-16,24H,5-8,12-13H2,1-4H3. The summed E-state index contributed by atoms with van der Waals surface area (Å²) >= 11 is 0. The molecule has 0 amide bonds. The van der Waals surface area contributed by atoms with Crippen LogP contribution in [0, 0.1) is 0 Å². The number of nitrogens with zero attached hydrogens (tertiary/aromatic N) is 4. The molecule has 0 saturated heterocycles. The van der Waals surface area contributed by atoms with Crippen molar-refractivity contribution in [1.29, 1.82) is 0 Å². The van der Waals surface area contributed by atoms with Crippen molar-refractivity contribution in [3.8, 4) is 17.1 Å². The molecule has 160 valence electrons. The molecule has 0 fully saturated rings. The van der Waals surface area contributed by atoms with Crippen molar-refractivity contribution in [3.05, 3.63) is 48.4 Å². The summed E-state index contributed by atoms with van der Waals surface area (Å²) in [6.45, 7) is 9.66. The first-order chi connectivity index (χ1) is 14.5. The van der Waals surface area contributed by atoms with Crippen molar-refractivity contribution in [2.75, 3.05) is 18.5 Å². The Morgan fingerprint density at radius 3 is 2.53 bits per heavy atom. The van der Waals surface area contributed by atoms with E-state index in [1.807, 2.05) is 13.0 Å². The fourth-order valence-electron chi connectivity index (χ4n) is 2.95. The van der Waals surface area contributed by atoms with Gasteiger partial charge in [0.05, 0.1) is 6.61 Å². The second-order valence-electron chi connectivity index (χ2n) is 8.27. The zero-order chi connectivity index (χ0) is 21.4. The fraction of sp³-hybridized carbons (Fsp3) is 0.478. The van der Waals surface area contributed by atoms with Crippen molar-refractivity contribution in [2.24, 2.45) is 0 Å². The molecule has 0 aliphatic rings. The summed E-state index contributed by atoms with van der Waals surface area (Å²) in [5, 5.41) is 7.57. The topological polar surface area (TPSA) is 86.0 Å². The van der Waals surface area contributed by atoms with Gasteiger partial charge < -0.3 is 14.6 Å². The van der Waals surface area contributed by atoms with Gasteiger partial charge in [-0.25, -0.2) is 9.97 Å². The van der Waals surface area contributed by atoms with Gasteiger partial charge in [0.25, 0.3) is 0 Å². The molecule has 0 aliphatic carbocycles. The molecule has 0 radical (unpaired) electrons. The molecule has 0 saturated carbocycles. The number of hydrogen-bond donors (Lipinski definition) is 1. The summed E-state index contributed by atoms with van der Waals surface area (Å²) < 4.78 is 10.7. The average Bonchev–Trinajstić information content (AvgIpc) is 3.21. The molecule has 1 aromatic carbocycles. The van der Waals surface area contributed by atoms with E-state index in [9.17, 15) is 0 Å². The maximum atomic E-state index is 5.35. The Kier molecular flexibility index (Phi) is 7.38. The predicted molar refractivity (Wildman–Crippen MR) is 118 cm³/mol. The molecule has 2 aromatic heterocycles. The van der Waals surface area contributed by atoms with Gasteiger partial charge in [0.15, 0.2) is 5.82 Å². The third-order valence-corrected chi connectivity index (χ3v) is 4.63. The van der Waals surface area contributed by atoms with Gasteiger partial charge in [-0.15, -0.1) is 0 Å². The lowest BCUT2D eigenvalue weighted by Gasteiger charge is -2.10. The predicted octanol–water partition coefficient (Wildman–Crippen LogP) is 5.05. The lowest BCUT2D eigenvalue weighted by molar-refractivity contribution is 0.312. The minimum Gasteiger partial charge on any atom is -0.464 e. The number of hydrogen-bond acceptors (Lipinski definition) is 7. The van der Waals surface area contributed by atoms with Crippen LogP contribution >= 0.6 is 0 Å². The zero-order valence-corrected chi connectivity index (χ0v) is 18.3. The number of benzene rings is 1. The molecule has 3 rings (SSSR count). The van der Waals surface area contributed by atoms with Crippen LogP contribution in [0.25, 0.3) is 11.1 Å². The minimum atomic E-state index is -0.0718. The highest BCUT2D eigenvalue weighted by atomic mass is 16.5. The zero-order valence-electron chi connectivity index (χ0n) is 18.3. The molecule has 0 unspecified atom stereocenters. The minimum absolute atomic E-state index is 0.0718. The number of unbranched alkanes of at least 4 members (excludes halogenated alkanes) is 2. The molecule has 3 aromatic rings. The number of ether oxygens (including phenoxy) is 1. The summed E-state index contributed by atoms with van der Waals surface area (Å²) in [7, 11) is 0. The second kappa shape index (κ2) is 10.2. The quantitative estimate of drug-likeness (QED) is 0.469. The van der Waals surface area contributed by atoms with Crippen molar-refractivity contribution < 1.29 is 9.26 Å². The van der Waals surface area contributed by atoms with Crippen LogP contribution in [-0.4, -0.2) is 33.3 Å². The Balaban J connectivity index is 1.41. The van der Waals surface area contributed by atoms with E-state index in [2.05, 4.69) is 64.4 Å². The van der Waals surface area contributed by atoms with Gasteiger partial charge in [-0.3, -0.25) is 0 Å². The molecule has 1 N–H and O–H groups in total. The van der Waals surface area contributed by atoms with E-state index in [1.165, 1.54) is 0 Å². The van der Waals surface area contributed by atoms with Gasteiger partial charge in [0.1, 0.15) is 0 Å². The van der Waals surface area contributed by atoms with E-state index in [0.717, 1.165) is 60.8 Å². The van der Waals surface area contributed by atoms with Gasteiger partial charge in [-0.2, -0.15) is 4.98 Å². The number of nitrogens with one attached hydrogen (secondary N) is 1. The molecule has 0 spiro atoms. The van der Waals surface area contributed by atoms with Crippen molar-refractivity contribution in [2.45, 2.75) is 58.8 Å². The van der Waals surface area contributed by atoms with Crippen LogP contribution in [0.15, 0.2) is 41.2 Å². The van der Waals surface area contributed by atoms with E-state index in [-0.39, 0.29) is 5.41 Å². The first kappa shape index (κ1) is 21.7. The van der Waals surface area contributed by atoms with Gasteiger partial charge >= 0.3 is 6.01 Å². The highest BCUT2D eigenvalue weighted by Gasteiger charge is 2.20. The Bertz CT molecular complexity index is 916. The monoisotopic (exact) mass is 409 g/mol. The summed E-state index contributed by atoms with van der Waals surface area (Å²) in [4.78, 5) is 13.0. The van der Waals surface area contributed by atoms with Crippen LogP contribution < -0.4 is 10.1 Å². The average molecular weight is 410 g/mol. The normalized spacial score (nSPS) is 11.5. The largest absolute Gasteiger partial charge is 0.464 e. The van der Waals surface area contributed by atoms with Crippen LogP contribution in [0.2, 0.25) is 0 Å². The number of anilines is 1. The van der Waals surface area contributed by atoms with Crippen molar-refractivity contribution in [1.82, 2.24) is 20.1 Å². The van der Waals surface area contributed by atoms with E-state index in [0.29, 0.717) is 12.6 Å². The smallest absolute Gasteiger partial charge is 0.316 e. The van der Waals surface area contributed by atoms with Gasteiger partial charge in [0.2, 0.25) is 5.89 Å². The SMILES string of the molecule is CCOc1ncc(-c2cccc(NCCCCCc3nc(C(C)(C)C)no3)c2)cn1. The second-order valence-corrected chi connectivity index (χ2v) is 8.27. The van der Waals surface area contributed by atoms with E-state index < -0.39 is 0 Å². The first-order valence-corrected chi connectivity index (χ1v) is 10.6. The highest BCUT2D eigenvalue weighted by Crippen LogP contribution is 2.22. The molecule has 7 nitrogen and oxygen atoms in total. The first-order valence-electron chi connectivity index (χ1n) is 10.6. The Labute approximate surface area is 178 Å². The molecule has 30 heavy (non-hydrogen) atoms. The van der Waals surface area contributed by atoms with Crippen molar-refractivity contribution in [3.63, 3.8) is 0 Å². The van der Waals surface area contributed by atoms with Crippen LogP contribution in [0.3, 0.4) is 0 Å². The molecule has 2 heterocycles. The fourth-order valence-corrected chi connectivity index (χ4v) is 2.95. The van der Waals surface area contributed by atoms with Crippen LogP contribution in [0.1, 0.15) is 58.7 Å². The number of aromatic nitrogens is 4. The Morgan fingerprint density at radius 2 is 1.83 bits per heavy atom. The van der Waals surface area contributed by atoms with E-state index in [1.54, 1.807) is 12.4 Å². The van der Waals surface area contributed by atoms with Crippen molar-refractivity contribution >= 4 is 5.69 Å². The van der Waals surface area contributed by atoms with Gasteiger partial charge in [-0.05, 0) is 37.5 Å². The highest BCUT2D eigenvalue weighted by molar-refractivity contribution is 5.66. The Hall–Kier alpha value is -2.96. The molecular weight excluding hydrogens is 378 g/mol. The maximum absolute atomic E-state index is 5.35. The maximum Gasteiger partial charge on any atom is 0.316 e. The number of aryl methyl sites for hydroxylation is 1. The summed E-state index contributed by atoms with van der Waals surface area (Å²) in [5.41, 5.74) is 3.07. The molecule has 0 aliphatic heterocycles. The molecule has 0 atom stereocenters.